The van der Waals surface area contributed by atoms with E-state index in [-0.39, 0.29) is 24.5 Å². The maximum atomic E-state index is 14.5. The maximum Gasteiger partial charge on any atom is 0.317 e. The molecular formula is C22H25FN4O2. The summed E-state index contributed by atoms with van der Waals surface area (Å²) >= 11 is 0. The Kier molecular flexibility index (Phi) is 6.68. The van der Waals surface area contributed by atoms with Gasteiger partial charge >= 0.3 is 6.03 Å². The number of benzene rings is 2. The molecule has 0 spiro atoms. The van der Waals surface area contributed by atoms with E-state index in [2.05, 4.69) is 11.4 Å². The summed E-state index contributed by atoms with van der Waals surface area (Å²) in [6, 6.07) is 13.9. The first-order chi connectivity index (χ1) is 14.0. The van der Waals surface area contributed by atoms with Gasteiger partial charge in [0.15, 0.2) is 0 Å². The smallest absolute Gasteiger partial charge is 0.317 e. The first kappa shape index (κ1) is 20.6. The van der Waals surface area contributed by atoms with Gasteiger partial charge in [-0.25, -0.2) is 9.18 Å². The lowest BCUT2D eigenvalue weighted by atomic mass is 10.1. The zero-order chi connectivity index (χ0) is 20.8. The van der Waals surface area contributed by atoms with Crippen LogP contribution < -0.4 is 10.2 Å². The lowest BCUT2D eigenvalue weighted by Gasteiger charge is -2.31. The minimum atomic E-state index is -0.320. The normalized spacial score (nSPS) is 14.3. The number of aliphatic hydroxyl groups is 1. The molecule has 0 atom stereocenters. The molecule has 152 valence electrons. The summed E-state index contributed by atoms with van der Waals surface area (Å²) in [5, 5.41) is 21.2. The van der Waals surface area contributed by atoms with E-state index in [1.54, 1.807) is 25.2 Å². The summed E-state index contributed by atoms with van der Waals surface area (Å²) in [7, 11) is 1.68. The molecule has 7 heteroatoms. The molecule has 2 N–H and O–H groups in total. The van der Waals surface area contributed by atoms with Crippen LogP contribution in [0.4, 0.5) is 14.9 Å². The van der Waals surface area contributed by atoms with Gasteiger partial charge in [-0.1, -0.05) is 18.2 Å². The summed E-state index contributed by atoms with van der Waals surface area (Å²) in [5.41, 5.74) is 2.71. The van der Waals surface area contributed by atoms with Crippen LogP contribution in [0, 0.1) is 17.1 Å². The lowest BCUT2D eigenvalue weighted by Crippen LogP contribution is -2.37. The Morgan fingerprint density at radius 2 is 1.90 bits per heavy atom. The monoisotopic (exact) mass is 396 g/mol. The molecule has 1 heterocycles. The van der Waals surface area contributed by atoms with E-state index in [1.807, 2.05) is 23.1 Å². The molecule has 6 nitrogen and oxygen atoms in total. The van der Waals surface area contributed by atoms with Gasteiger partial charge in [0.1, 0.15) is 5.82 Å². The Balaban J connectivity index is 1.52. The highest BCUT2D eigenvalue weighted by Crippen LogP contribution is 2.24. The molecule has 0 bridgehead atoms. The molecule has 0 aromatic heterocycles. The van der Waals surface area contributed by atoms with Gasteiger partial charge in [-0.2, -0.15) is 5.26 Å². The van der Waals surface area contributed by atoms with Crippen LogP contribution in [-0.4, -0.2) is 42.3 Å². The van der Waals surface area contributed by atoms with Gasteiger partial charge in [-0.15, -0.1) is 0 Å². The van der Waals surface area contributed by atoms with E-state index >= 15 is 0 Å². The van der Waals surface area contributed by atoms with Crippen molar-refractivity contribution in [3.05, 3.63) is 65.0 Å². The minimum Gasteiger partial charge on any atom is -0.393 e. The first-order valence-electron chi connectivity index (χ1n) is 9.65. The van der Waals surface area contributed by atoms with Crippen molar-refractivity contribution >= 4 is 11.7 Å². The third kappa shape index (κ3) is 5.46. The number of carbonyl (C=O) groups excluding carboxylic acids is 1. The summed E-state index contributed by atoms with van der Waals surface area (Å²) in [5.74, 6) is -0.320. The van der Waals surface area contributed by atoms with Gasteiger partial charge in [-0.05, 0) is 48.2 Å². The van der Waals surface area contributed by atoms with Gasteiger partial charge in [-0.3, -0.25) is 0 Å². The quantitative estimate of drug-likeness (QED) is 0.814. The van der Waals surface area contributed by atoms with Crippen molar-refractivity contribution < 1.29 is 14.3 Å². The second-order valence-corrected chi connectivity index (χ2v) is 7.33. The average Bonchev–Trinajstić information content (AvgIpc) is 2.73. The van der Waals surface area contributed by atoms with Crippen LogP contribution in [0.25, 0.3) is 0 Å². The number of amides is 2. The predicted molar refractivity (Wildman–Crippen MR) is 109 cm³/mol. The van der Waals surface area contributed by atoms with Gasteiger partial charge in [0.2, 0.25) is 0 Å². The van der Waals surface area contributed by atoms with Crippen LogP contribution in [0.15, 0.2) is 42.5 Å². The molecule has 3 rings (SSSR count). The van der Waals surface area contributed by atoms with E-state index in [0.717, 1.165) is 5.56 Å². The third-order valence-electron chi connectivity index (χ3n) is 5.11. The SMILES string of the molecule is CN(Cc1ccc(C#N)cc1)C(=O)NCc1ccc(N2CCC(O)CC2)c(F)c1. The highest BCUT2D eigenvalue weighted by Gasteiger charge is 2.19. The van der Waals surface area contributed by atoms with Crippen LogP contribution in [0.1, 0.15) is 29.5 Å². The van der Waals surface area contributed by atoms with Crippen molar-refractivity contribution in [3.8, 4) is 6.07 Å². The third-order valence-corrected chi connectivity index (χ3v) is 5.11. The molecule has 1 aliphatic heterocycles. The zero-order valence-corrected chi connectivity index (χ0v) is 16.4. The molecule has 2 aromatic rings. The van der Waals surface area contributed by atoms with E-state index in [9.17, 15) is 14.3 Å². The van der Waals surface area contributed by atoms with Gasteiger partial charge in [0.25, 0.3) is 0 Å². The largest absolute Gasteiger partial charge is 0.393 e. The number of nitrogens with zero attached hydrogens (tertiary/aromatic N) is 3. The number of nitriles is 1. The fraction of sp³-hybridized carbons (Fsp3) is 0.364. The van der Waals surface area contributed by atoms with Crippen LogP contribution in [-0.2, 0) is 13.1 Å². The molecule has 0 radical (unpaired) electrons. The first-order valence-corrected chi connectivity index (χ1v) is 9.65. The molecule has 1 aliphatic rings. The number of urea groups is 1. The predicted octanol–water partition coefficient (Wildman–Crippen LogP) is 3.00. The van der Waals surface area contributed by atoms with Crippen LogP contribution >= 0.6 is 0 Å². The summed E-state index contributed by atoms with van der Waals surface area (Å²) in [6.45, 7) is 1.90. The Hall–Kier alpha value is -3.11. The van der Waals surface area contributed by atoms with Gasteiger partial charge < -0.3 is 20.2 Å². The number of hydrogen-bond acceptors (Lipinski definition) is 4. The van der Waals surface area contributed by atoms with E-state index in [4.69, 9.17) is 5.26 Å². The second-order valence-electron chi connectivity index (χ2n) is 7.33. The van der Waals surface area contributed by atoms with E-state index in [1.165, 1.54) is 11.0 Å². The fourth-order valence-corrected chi connectivity index (χ4v) is 3.37. The summed E-state index contributed by atoms with van der Waals surface area (Å²) in [4.78, 5) is 15.8. The molecular weight excluding hydrogens is 371 g/mol. The van der Waals surface area contributed by atoms with Crippen molar-refractivity contribution in [1.82, 2.24) is 10.2 Å². The van der Waals surface area contributed by atoms with Crippen molar-refractivity contribution in [1.29, 1.82) is 5.26 Å². The van der Waals surface area contributed by atoms with Crippen LogP contribution in [0.5, 0.6) is 0 Å². The maximum absolute atomic E-state index is 14.5. The van der Waals surface area contributed by atoms with Crippen LogP contribution in [0.2, 0.25) is 0 Å². The number of hydrogen-bond donors (Lipinski definition) is 2. The second kappa shape index (κ2) is 9.39. The zero-order valence-electron chi connectivity index (χ0n) is 16.4. The van der Waals surface area contributed by atoms with E-state index < -0.39 is 0 Å². The highest BCUT2D eigenvalue weighted by atomic mass is 19.1. The van der Waals surface area contributed by atoms with Crippen LogP contribution in [0.3, 0.4) is 0 Å². The topological polar surface area (TPSA) is 79.6 Å². The van der Waals surface area contributed by atoms with Crippen molar-refractivity contribution in [2.45, 2.75) is 32.0 Å². The molecule has 2 aromatic carbocycles. The van der Waals surface area contributed by atoms with Crippen molar-refractivity contribution in [2.24, 2.45) is 0 Å². The van der Waals surface area contributed by atoms with Crippen molar-refractivity contribution in [3.63, 3.8) is 0 Å². The molecule has 0 unspecified atom stereocenters. The number of aliphatic hydroxyl groups excluding tert-OH is 1. The summed E-state index contributed by atoms with van der Waals surface area (Å²) < 4.78 is 14.5. The lowest BCUT2D eigenvalue weighted by molar-refractivity contribution is 0.145. The molecule has 29 heavy (non-hydrogen) atoms. The molecule has 0 saturated carbocycles. The fourth-order valence-electron chi connectivity index (χ4n) is 3.37. The van der Waals surface area contributed by atoms with Gasteiger partial charge in [0, 0.05) is 33.2 Å². The number of carbonyl (C=O) groups is 1. The Labute approximate surface area is 170 Å². The number of rotatable bonds is 5. The molecule has 0 aliphatic carbocycles. The summed E-state index contributed by atoms with van der Waals surface area (Å²) in [6.07, 6.45) is 0.983. The molecule has 1 fully saturated rings. The van der Waals surface area contributed by atoms with Gasteiger partial charge in [0.05, 0.1) is 23.4 Å². The molecule has 2 amide bonds. The Morgan fingerprint density at radius 3 is 2.52 bits per heavy atom. The highest BCUT2D eigenvalue weighted by molar-refractivity contribution is 5.73. The number of nitrogens with one attached hydrogen (secondary N) is 1. The average molecular weight is 396 g/mol. The molecule has 1 saturated heterocycles. The number of anilines is 1. The Bertz CT molecular complexity index is 887. The van der Waals surface area contributed by atoms with Crippen molar-refractivity contribution in [2.75, 3.05) is 25.0 Å². The standard InChI is InChI=1S/C22H25FN4O2/c1-26(15-17-4-2-16(13-24)3-5-17)22(29)25-14-18-6-7-21(20(23)12-18)27-10-8-19(28)9-11-27/h2-7,12,19,28H,8-11,14-15H2,1H3,(H,25,29). The number of piperidine rings is 1. The number of halogens is 1. The Morgan fingerprint density at radius 1 is 1.24 bits per heavy atom. The van der Waals surface area contributed by atoms with E-state index in [0.29, 0.717) is 49.3 Å². The minimum absolute atomic E-state index is 0.229.